The number of aromatic nitrogens is 4. The fraction of sp³-hybridized carbons (Fsp3) is 0.429. The van der Waals surface area contributed by atoms with Crippen LogP contribution in [0.3, 0.4) is 0 Å². The predicted octanol–water partition coefficient (Wildman–Crippen LogP) is 2.00. The summed E-state index contributed by atoms with van der Waals surface area (Å²) in [5.41, 5.74) is 2.34. The monoisotopic (exact) mass is 392 g/mol. The number of anilines is 1. The molecule has 3 aromatic rings. The second-order valence-electron chi connectivity index (χ2n) is 7.48. The van der Waals surface area contributed by atoms with Crippen LogP contribution in [0.25, 0.3) is 11.0 Å². The molecule has 8 heteroatoms. The van der Waals surface area contributed by atoms with E-state index in [4.69, 9.17) is 5.11 Å². The van der Waals surface area contributed by atoms with E-state index in [-0.39, 0.29) is 13.2 Å². The molecule has 29 heavy (non-hydrogen) atoms. The van der Waals surface area contributed by atoms with Crippen molar-refractivity contribution in [2.45, 2.75) is 50.9 Å². The summed E-state index contributed by atoms with van der Waals surface area (Å²) in [5, 5.41) is 33.3. The van der Waals surface area contributed by atoms with Crippen molar-refractivity contribution in [2.75, 3.05) is 11.5 Å². The first-order chi connectivity index (χ1) is 14.2. The van der Waals surface area contributed by atoms with Crippen molar-refractivity contribution < 1.29 is 10.2 Å². The van der Waals surface area contributed by atoms with E-state index in [2.05, 4.69) is 26.0 Å². The zero-order valence-corrected chi connectivity index (χ0v) is 16.1. The molecule has 4 rings (SSSR count). The summed E-state index contributed by atoms with van der Waals surface area (Å²) >= 11 is 0. The molecule has 0 radical (unpaired) electrons. The summed E-state index contributed by atoms with van der Waals surface area (Å²) in [6.07, 6.45) is 6.93. The minimum Gasteiger partial charge on any atom is -0.394 e. The zero-order valence-electron chi connectivity index (χ0n) is 16.1. The lowest BCUT2D eigenvalue weighted by atomic mass is 10.1. The summed E-state index contributed by atoms with van der Waals surface area (Å²) in [5.74, 6) is 0.814. The highest BCUT2D eigenvalue weighted by Gasteiger charge is 2.26. The van der Waals surface area contributed by atoms with Crippen LogP contribution in [0.4, 0.5) is 5.82 Å². The molecule has 1 unspecified atom stereocenters. The number of fused-ring (bicyclic) bond motifs is 1. The van der Waals surface area contributed by atoms with Crippen molar-refractivity contribution in [2.24, 2.45) is 0 Å². The number of hydrogen-bond donors (Lipinski definition) is 2. The smallest absolute Gasteiger partial charge is 0.163 e. The van der Waals surface area contributed by atoms with Crippen LogP contribution in [0.15, 0.2) is 36.8 Å². The molecule has 2 heterocycles. The minimum atomic E-state index is -0.892. The SMILES string of the molecule is N#Cc1cccc(CN(c2ncnc3c2cnn3CC(O)CO)C2CCCC2)c1. The lowest BCUT2D eigenvalue weighted by Gasteiger charge is -2.30. The molecule has 1 fully saturated rings. The number of benzene rings is 1. The molecule has 2 N–H and O–H groups in total. The van der Waals surface area contributed by atoms with Crippen molar-refractivity contribution in [1.29, 1.82) is 5.26 Å². The van der Waals surface area contributed by atoms with Gasteiger partial charge in [0.25, 0.3) is 0 Å². The number of nitrogens with zero attached hydrogens (tertiary/aromatic N) is 6. The fourth-order valence-corrected chi connectivity index (χ4v) is 4.03. The Kier molecular flexibility index (Phi) is 5.69. The summed E-state index contributed by atoms with van der Waals surface area (Å²) in [4.78, 5) is 11.2. The number of hydrogen-bond acceptors (Lipinski definition) is 7. The predicted molar refractivity (Wildman–Crippen MR) is 108 cm³/mol. The average molecular weight is 392 g/mol. The third-order valence-corrected chi connectivity index (χ3v) is 5.45. The van der Waals surface area contributed by atoms with Gasteiger partial charge >= 0.3 is 0 Å². The Labute approximate surface area is 169 Å². The number of nitriles is 1. The Bertz CT molecular complexity index is 1020. The summed E-state index contributed by atoms with van der Waals surface area (Å²) in [6.45, 7) is 0.490. The first kappa shape index (κ1) is 19.3. The van der Waals surface area contributed by atoms with Crippen LogP contribution in [-0.2, 0) is 13.1 Å². The molecule has 1 aliphatic carbocycles. The van der Waals surface area contributed by atoms with E-state index in [0.29, 0.717) is 23.8 Å². The van der Waals surface area contributed by atoms with Crippen molar-refractivity contribution in [1.82, 2.24) is 19.7 Å². The molecule has 1 aromatic carbocycles. The van der Waals surface area contributed by atoms with Gasteiger partial charge in [-0.3, -0.25) is 0 Å². The maximum atomic E-state index is 9.79. The molecule has 0 bridgehead atoms. The number of aliphatic hydroxyl groups is 2. The number of aliphatic hydroxyl groups excluding tert-OH is 2. The maximum Gasteiger partial charge on any atom is 0.163 e. The van der Waals surface area contributed by atoms with Gasteiger partial charge in [-0.1, -0.05) is 25.0 Å². The minimum absolute atomic E-state index is 0.171. The van der Waals surface area contributed by atoms with E-state index in [0.717, 1.165) is 29.6 Å². The summed E-state index contributed by atoms with van der Waals surface area (Å²) in [7, 11) is 0. The van der Waals surface area contributed by atoms with E-state index in [1.54, 1.807) is 10.9 Å². The van der Waals surface area contributed by atoms with Crippen molar-refractivity contribution in [3.8, 4) is 6.07 Å². The number of rotatable bonds is 7. The quantitative estimate of drug-likeness (QED) is 0.632. The lowest BCUT2D eigenvalue weighted by Crippen LogP contribution is -2.33. The second-order valence-corrected chi connectivity index (χ2v) is 7.48. The standard InChI is InChI=1S/C21H24N6O2/c22-9-15-4-3-5-16(8-15)11-26(17-6-1-2-7-17)20-19-10-25-27(12-18(29)13-28)21(19)24-14-23-20/h3-5,8,10,14,17-18,28-29H,1-2,6-7,11-13H2. The summed E-state index contributed by atoms with van der Waals surface area (Å²) < 4.78 is 1.60. The Morgan fingerprint density at radius 2 is 2.10 bits per heavy atom. The Morgan fingerprint density at radius 3 is 2.86 bits per heavy atom. The lowest BCUT2D eigenvalue weighted by molar-refractivity contribution is 0.0792. The summed E-state index contributed by atoms with van der Waals surface area (Å²) in [6, 6.07) is 10.2. The second kappa shape index (κ2) is 8.55. The molecule has 150 valence electrons. The Morgan fingerprint density at radius 1 is 1.28 bits per heavy atom. The van der Waals surface area contributed by atoms with E-state index in [1.807, 2.05) is 24.3 Å². The van der Waals surface area contributed by atoms with Gasteiger partial charge in [-0.05, 0) is 30.5 Å². The molecule has 0 spiro atoms. The molecular weight excluding hydrogens is 368 g/mol. The van der Waals surface area contributed by atoms with Gasteiger partial charge in [-0.25, -0.2) is 14.6 Å². The van der Waals surface area contributed by atoms with Crippen LogP contribution in [0, 0.1) is 11.3 Å². The molecule has 1 aliphatic rings. The molecule has 8 nitrogen and oxygen atoms in total. The third kappa shape index (κ3) is 4.06. The van der Waals surface area contributed by atoms with Gasteiger partial charge in [0.2, 0.25) is 0 Å². The van der Waals surface area contributed by atoms with Gasteiger partial charge in [0.15, 0.2) is 5.65 Å². The van der Waals surface area contributed by atoms with Crippen LogP contribution < -0.4 is 4.90 Å². The maximum absolute atomic E-state index is 9.79. The van der Waals surface area contributed by atoms with E-state index in [1.165, 1.54) is 19.2 Å². The molecule has 0 saturated heterocycles. The van der Waals surface area contributed by atoms with E-state index >= 15 is 0 Å². The molecule has 2 aromatic heterocycles. The van der Waals surface area contributed by atoms with Gasteiger partial charge < -0.3 is 15.1 Å². The molecule has 1 saturated carbocycles. The third-order valence-electron chi connectivity index (χ3n) is 5.45. The van der Waals surface area contributed by atoms with Crippen LogP contribution in [0.1, 0.15) is 36.8 Å². The van der Waals surface area contributed by atoms with Gasteiger partial charge in [-0.2, -0.15) is 10.4 Å². The highest BCUT2D eigenvalue weighted by molar-refractivity contribution is 5.86. The van der Waals surface area contributed by atoms with Gasteiger partial charge in [0.05, 0.1) is 42.5 Å². The highest BCUT2D eigenvalue weighted by Crippen LogP contribution is 2.32. The van der Waals surface area contributed by atoms with Crippen LogP contribution in [0.5, 0.6) is 0 Å². The topological polar surface area (TPSA) is 111 Å². The fourth-order valence-electron chi connectivity index (χ4n) is 4.03. The molecule has 0 aliphatic heterocycles. The first-order valence-corrected chi connectivity index (χ1v) is 9.90. The normalized spacial score (nSPS) is 15.5. The highest BCUT2D eigenvalue weighted by atomic mass is 16.3. The Balaban J connectivity index is 1.72. The largest absolute Gasteiger partial charge is 0.394 e. The van der Waals surface area contributed by atoms with Crippen molar-refractivity contribution in [3.63, 3.8) is 0 Å². The van der Waals surface area contributed by atoms with Gasteiger partial charge in [-0.15, -0.1) is 0 Å². The van der Waals surface area contributed by atoms with Crippen LogP contribution in [0.2, 0.25) is 0 Å². The zero-order chi connectivity index (χ0) is 20.2. The van der Waals surface area contributed by atoms with Gasteiger partial charge in [0.1, 0.15) is 12.1 Å². The average Bonchev–Trinajstić information content (AvgIpc) is 3.42. The molecular formula is C21H24N6O2. The van der Waals surface area contributed by atoms with E-state index < -0.39 is 6.10 Å². The first-order valence-electron chi connectivity index (χ1n) is 9.90. The van der Waals surface area contributed by atoms with Gasteiger partial charge in [0, 0.05) is 12.6 Å². The van der Waals surface area contributed by atoms with Crippen LogP contribution >= 0.6 is 0 Å². The van der Waals surface area contributed by atoms with Crippen molar-refractivity contribution in [3.05, 3.63) is 47.9 Å². The Hall–Kier alpha value is -3.02. The molecule has 1 atom stereocenters. The van der Waals surface area contributed by atoms with Crippen molar-refractivity contribution >= 4 is 16.9 Å². The van der Waals surface area contributed by atoms with E-state index in [9.17, 15) is 10.4 Å². The van der Waals surface area contributed by atoms with Crippen LogP contribution in [-0.4, -0.2) is 48.7 Å². The molecule has 0 amide bonds.